The molecule has 0 saturated heterocycles. The number of aromatic nitrogens is 1. The van der Waals surface area contributed by atoms with Gasteiger partial charge < -0.3 is 24.4 Å². The second kappa shape index (κ2) is 10.6. The minimum Gasteiger partial charge on any atom is -0.486 e. The number of ether oxygens (including phenoxy) is 3. The normalized spacial score (nSPS) is 16.1. The van der Waals surface area contributed by atoms with Crippen molar-refractivity contribution >= 4 is 23.3 Å². The highest BCUT2D eigenvalue weighted by Gasteiger charge is 2.32. The van der Waals surface area contributed by atoms with E-state index in [2.05, 4.69) is 11.4 Å². The van der Waals surface area contributed by atoms with Crippen molar-refractivity contribution in [3.05, 3.63) is 58.6 Å². The Bertz CT molecular complexity index is 1350. The van der Waals surface area contributed by atoms with Crippen LogP contribution in [0.15, 0.2) is 42.5 Å². The van der Waals surface area contributed by atoms with Gasteiger partial charge in [-0.05, 0) is 56.2 Å². The quantitative estimate of drug-likeness (QED) is 0.396. The van der Waals surface area contributed by atoms with E-state index in [-0.39, 0.29) is 5.91 Å². The average molecular weight is 534 g/mol. The summed E-state index contributed by atoms with van der Waals surface area (Å²) < 4.78 is 17.2. The molecule has 3 aromatic rings. The number of para-hydroxylation sites is 1. The zero-order valence-electron chi connectivity index (χ0n) is 21.4. The van der Waals surface area contributed by atoms with Crippen molar-refractivity contribution in [3.8, 4) is 27.8 Å². The zero-order valence-corrected chi connectivity index (χ0v) is 22.2. The number of rotatable bonds is 9. The molecule has 38 heavy (non-hydrogen) atoms. The number of nitrogens with one attached hydrogen (secondary N) is 1. The summed E-state index contributed by atoms with van der Waals surface area (Å²) in [5.41, 5.74) is 2.58. The topological polar surface area (TPSA) is 90.0 Å². The molecule has 2 aromatic carbocycles. The van der Waals surface area contributed by atoms with Crippen LogP contribution >= 0.6 is 11.3 Å². The number of carbonyl (C=O) groups is 2. The van der Waals surface area contributed by atoms with Gasteiger partial charge in [-0.1, -0.05) is 35.9 Å². The molecule has 2 amide bonds. The van der Waals surface area contributed by atoms with Crippen molar-refractivity contribution in [2.75, 3.05) is 32.8 Å². The van der Waals surface area contributed by atoms with E-state index in [1.54, 1.807) is 34.4 Å². The first-order valence-corrected chi connectivity index (χ1v) is 14.1. The second-order valence-corrected chi connectivity index (χ2v) is 11.2. The molecule has 198 valence electrons. The van der Waals surface area contributed by atoms with Crippen LogP contribution in [0.1, 0.15) is 52.5 Å². The summed E-state index contributed by atoms with van der Waals surface area (Å²) in [6.07, 6.45) is 4.02. The lowest BCUT2D eigenvalue weighted by molar-refractivity contribution is 0.0933. The largest absolute Gasteiger partial charge is 0.486 e. The molecule has 8 nitrogen and oxygen atoms in total. The Morgan fingerprint density at radius 1 is 1.11 bits per heavy atom. The van der Waals surface area contributed by atoms with Crippen molar-refractivity contribution in [1.82, 2.24) is 15.2 Å². The van der Waals surface area contributed by atoms with Crippen LogP contribution in [-0.4, -0.2) is 54.7 Å². The van der Waals surface area contributed by atoms with Crippen LogP contribution in [0, 0.1) is 12.8 Å². The SMILES string of the molecule is Cc1cccc(-c2sc(C3CC3)nc2OC(=O)N(CCNC(=O)c2cccc3c2OCCO3)CC2CC2)c1. The monoisotopic (exact) mass is 533 g/mol. The number of thiazole rings is 1. The number of amides is 2. The van der Waals surface area contributed by atoms with Crippen LogP contribution in [-0.2, 0) is 0 Å². The van der Waals surface area contributed by atoms with Gasteiger partial charge in [0.25, 0.3) is 5.91 Å². The number of nitrogens with zero attached hydrogens (tertiary/aromatic N) is 2. The predicted molar refractivity (Wildman–Crippen MR) is 144 cm³/mol. The number of benzene rings is 2. The number of fused-ring (bicyclic) bond motifs is 1. The Balaban J connectivity index is 1.14. The van der Waals surface area contributed by atoms with E-state index < -0.39 is 6.09 Å². The van der Waals surface area contributed by atoms with E-state index in [4.69, 9.17) is 19.2 Å². The highest BCUT2D eigenvalue weighted by Crippen LogP contribution is 2.47. The Kier molecular flexibility index (Phi) is 6.93. The summed E-state index contributed by atoms with van der Waals surface area (Å²) in [4.78, 5) is 33.6. The van der Waals surface area contributed by atoms with Gasteiger partial charge in [-0.2, -0.15) is 0 Å². The van der Waals surface area contributed by atoms with Gasteiger partial charge in [0.05, 0.1) is 10.4 Å². The number of hydrogen-bond acceptors (Lipinski definition) is 7. The van der Waals surface area contributed by atoms with E-state index in [1.807, 2.05) is 25.1 Å². The first-order chi connectivity index (χ1) is 18.5. The molecule has 6 rings (SSSR count). The molecule has 1 aliphatic heterocycles. The molecule has 2 saturated carbocycles. The Hall–Kier alpha value is -3.59. The zero-order chi connectivity index (χ0) is 26.1. The molecule has 1 aromatic heterocycles. The van der Waals surface area contributed by atoms with E-state index in [0.29, 0.717) is 67.6 Å². The standard InChI is InChI=1S/C29H31N3O5S/c1-18-4-2-5-21(16-18)25-27(31-28(38-25)20-10-11-20)37-29(34)32(17-19-8-9-19)13-12-30-26(33)22-6-3-7-23-24(22)36-15-14-35-23/h2-7,16,19-20H,8-15,17H2,1H3,(H,30,33). The van der Waals surface area contributed by atoms with Gasteiger partial charge in [-0.25, -0.2) is 9.78 Å². The maximum Gasteiger partial charge on any atom is 0.416 e. The van der Waals surface area contributed by atoms with Crippen molar-refractivity contribution in [2.24, 2.45) is 5.92 Å². The van der Waals surface area contributed by atoms with Crippen molar-refractivity contribution in [1.29, 1.82) is 0 Å². The van der Waals surface area contributed by atoms with Crippen molar-refractivity contribution in [3.63, 3.8) is 0 Å². The molecule has 2 heterocycles. The van der Waals surface area contributed by atoms with Crippen LogP contribution in [0.5, 0.6) is 17.4 Å². The molecule has 1 N–H and O–H groups in total. The Morgan fingerprint density at radius 2 is 1.92 bits per heavy atom. The van der Waals surface area contributed by atoms with Crippen molar-refractivity contribution < 1.29 is 23.8 Å². The molecule has 0 unspecified atom stereocenters. The molecule has 0 bridgehead atoms. The van der Waals surface area contributed by atoms with Gasteiger partial charge in [0.2, 0.25) is 5.88 Å². The third-order valence-electron chi connectivity index (χ3n) is 6.92. The van der Waals surface area contributed by atoms with Gasteiger partial charge in [0.15, 0.2) is 11.5 Å². The number of aryl methyl sites for hydroxylation is 1. The van der Waals surface area contributed by atoms with Gasteiger partial charge in [0, 0.05) is 25.6 Å². The molecule has 9 heteroatoms. The van der Waals surface area contributed by atoms with Gasteiger partial charge in [0.1, 0.15) is 18.2 Å². The van der Waals surface area contributed by atoms with Gasteiger partial charge >= 0.3 is 6.09 Å². The third-order valence-corrected chi connectivity index (χ3v) is 8.16. The average Bonchev–Trinajstić information content (AvgIpc) is 3.87. The van der Waals surface area contributed by atoms with E-state index in [1.165, 1.54) is 0 Å². The summed E-state index contributed by atoms with van der Waals surface area (Å²) in [6, 6.07) is 13.5. The number of hydrogen-bond donors (Lipinski definition) is 1. The second-order valence-electron chi connectivity index (χ2n) is 10.2. The first kappa shape index (κ1) is 24.7. The summed E-state index contributed by atoms with van der Waals surface area (Å²) in [5, 5.41) is 3.96. The lowest BCUT2D eigenvalue weighted by Crippen LogP contribution is -2.41. The van der Waals surface area contributed by atoms with Gasteiger partial charge in [-0.3, -0.25) is 4.79 Å². The van der Waals surface area contributed by atoms with E-state index >= 15 is 0 Å². The third kappa shape index (κ3) is 5.62. The molecular weight excluding hydrogens is 502 g/mol. The van der Waals surface area contributed by atoms with E-state index in [0.717, 1.165) is 46.7 Å². The minimum atomic E-state index is -0.429. The van der Waals surface area contributed by atoms with Gasteiger partial charge in [-0.15, -0.1) is 11.3 Å². The van der Waals surface area contributed by atoms with Crippen LogP contribution in [0.3, 0.4) is 0 Å². The lowest BCUT2D eigenvalue weighted by Gasteiger charge is -2.23. The van der Waals surface area contributed by atoms with Crippen LogP contribution in [0.2, 0.25) is 0 Å². The highest BCUT2D eigenvalue weighted by atomic mass is 32.1. The molecule has 0 radical (unpaired) electrons. The molecule has 3 aliphatic rings. The fraction of sp³-hybridized carbons (Fsp3) is 0.414. The number of carbonyl (C=O) groups excluding carboxylic acids is 2. The van der Waals surface area contributed by atoms with Crippen LogP contribution in [0.25, 0.3) is 10.4 Å². The molecule has 2 fully saturated rings. The lowest BCUT2D eigenvalue weighted by atomic mass is 10.1. The smallest absolute Gasteiger partial charge is 0.416 e. The first-order valence-electron chi connectivity index (χ1n) is 13.3. The predicted octanol–water partition coefficient (Wildman–Crippen LogP) is 5.41. The Labute approximate surface area is 225 Å². The minimum absolute atomic E-state index is 0.262. The fourth-order valence-corrected chi connectivity index (χ4v) is 5.69. The summed E-state index contributed by atoms with van der Waals surface area (Å²) in [6.45, 7) is 4.15. The summed E-state index contributed by atoms with van der Waals surface area (Å²) in [5.74, 6) is 2.09. The molecule has 0 spiro atoms. The Morgan fingerprint density at radius 3 is 2.71 bits per heavy atom. The highest BCUT2D eigenvalue weighted by molar-refractivity contribution is 7.15. The summed E-state index contributed by atoms with van der Waals surface area (Å²) in [7, 11) is 0. The van der Waals surface area contributed by atoms with E-state index in [9.17, 15) is 9.59 Å². The maximum absolute atomic E-state index is 13.4. The molecule has 0 atom stereocenters. The van der Waals surface area contributed by atoms with Crippen LogP contribution < -0.4 is 19.5 Å². The molecule has 2 aliphatic carbocycles. The van der Waals surface area contributed by atoms with Crippen LogP contribution in [0.4, 0.5) is 4.79 Å². The fourth-order valence-electron chi connectivity index (χ4n) is 4.53. The summed E-state index contributed by atoms with van der Waals surface area (Å²) >= 11 is 1.62. The van der Waals surface area contributed by atoms with Crippen molar-refractivity contribution in [2.45, 2.75) is 38.5 Å². The molecular formula is C29H31N3O5S. The maximum atomic E-state index is 13.4.